The lowest BCUT2D eigenvalue weighted by molar-refractivity contribution is -0.131. The molecule has 1 saturated heterocycles. The number of halogens is 1. The summed E-state index contributed by atoms with van der Waals surface area (Å²) in [4.78, 5) is 14.4. The van der Waals surface area contributed by atoms with Gasteiger partial charge in [-0.15, -0.1) is 0 Å². The van der Waals surface area contributed by atoms with Crippen molar-refractivity contribution >= 4 is 15.9 Å². The molecule has 0 unspecified atom stereocenters. The Morgan fingerprint density at radius 3 is 2.24 bits per heavy atom. The van der Waals surface area contributed by atoms with Crippen molar-refractivity contribution in [1.29, 1.82) is 0 Å². The highest BCUT2D eigenvalue weighted by Crippen LogP contribution is 2.26. The van der Waals surface area contributed by atoms with E-state index in [1.54, 1.807) is 30.2 Å². The molecule has 0 aromatic heterocycles. The van der Waals surface area contributed by atoms with Crippen LogP contribution in [-0.2, 0) is 21.2 Å². The van der Waals surface area contributed by atoms with Crippen LogP contribution in [0.2, 0.25) is 0 Å². The van der Waals surface area contributed by atoms with Crippen LogP contribution in [0.3, 0.4) is 0 Å². The van der Waals surface area contributed by atoms with E-state index < -0.39 is 15.8 Å². The molecule has 1 fully saturated rings. The molecule has 0 radical (unpaired) electrons. The van der Waals surface area contributed by atoms with Gasteiger partial charge >= 0.3 is 0 Å². The van der Waals surface area contributed by atoms with Crippen LogP contribution >= 0.6 is 0 Å². The molecule has 2 aromatic rings. The van der Waals surface area contributed by atoms with Crippen LogP contribution in [-0.4, -0.2) is 63.9 Å². The average Bonchev–Trinajstić information content (AvgIpc) is 2.74. The molecule has 0 bridgehead atoms. The summed E-state index contributed by atoms with van der Waals surface area (Å²) >= 11 is 0. The van der Waals surface area contributed by atoms with E-state index >= 15 is 0 Å². The molecule has 7 nitrogen and oxygen atoms in total. The number of benzene rings is 2. The van der Waals surface area contributed by atoms with Crippen molar-refractivity contribution in [2.24, 2.45) is 0 Å². The Balaban J connectivity index is 1.63. The largest absolute Gasteiger partial charge is 0.497 e. The number of methoxy groups -OCH3 is 2. The van der Waals surface area contributed by atoms with Crippen molar-refractivity contribution in [2.45, 2.75) is 11.3 Å². The molecular formula is C20H23FN2O5S. The van der Waals surface area contributed by atoms with Gasteiger partial charge in [-0.3, -0.25) is 4.79 Å². The van der Waals surface area contributed by atoms with Gasteiger partial charge < -0.3 is 14.4 Å². The summed E-state index contributed by atoms with van der Waals surface area (Å²) in [6, 6.07) is 10.00. The van der Waals surface area contributed by atoms with Gasteiger partial charge in [-0.1, -0.05) is 6.07 Å². The molecular weight excluding hydrogens is 399 g/mol. The van der Waals surface area contributed by atoms with Gasteiger partial charge in [0.2, 0.25) is 15.9 Å². The zero-order chi connectivity index (χ0) is 21.0. The standard InChI is InChI=1S/C20H23FN2O5S/c1-27-17-6-3-15(19(14-17)28-2)13-20(24)22-9-11-23(12-10-22)29(25,26)18-7-4-16(21)5-8-18/h3-8,14H,9-13H2,1-2H3. The van der Waals surface area contributed by atoms with Gasteiger partial charge in [-0.05, 0) is 30.3 Å². The topological polar surface area (TPSA) is 76.2 Å². The highest BCUT2D eigenvalue weighted by atomic mass is 32.2. The fourth-order valence-corrected chi connectivity index (χ4v) is 4.63. The minimum Gasteiger partial charge on any atom is -0.497 e. The fourth-order valence-electron chi connectivity index (χ4n) is 3.21. The summed E-state index contributed by atoms with van der Waals surface area (Å²) in [5.74, 6) is 0.605. The number of carbonyl (C=O) groups excluding carboxylic acids is 1. The molecule has 1 aliphatic rings. The summed E-state index contributed by atoms with van der Waals surface area (Å²) in [5, 5.41) is 0. The first-order valence-electron chi connectivity index (χ1n) is 9.09. The molecule has 0 N–H and O–H groups in total. The predicted molar refractivity (Wildman–Crippen MR) is 105 cm³/mol. The molecule has 156 valence electrons. The van der Waals surface area contributed by atoms with E-state index in [1.807, 2.05) is 0 Å². The molecule has 2 aromatic carbocycles. The summed E-state index contributed by atoms with van der Waals surface area (Å²) in [5.41, 5.74) is 0.736. The summed E-state index contributed by atoms with van der Waals surface area (Å²) in [7, 11) is -0.626. The van der Waals surface area contributed by atoms with Crippen molar-refractivity contribution in [1.82, 2.24) is 9.21 Å². The Bertz CT molecular complexity index is 971. The maximum atomic E-state index is 13.1. The van der Waals surface area contributed by atoms with Crippen molar-refractivity contribution in [3.05, 3.63) is 53.8 Å². The summed E-state index contributed by atoms with van der Waals surface area (Å²) in [6.07, 6.45) is 0.151. The van der Waals surface area contributed by atoms with E-state index in [1.165, 1.54) is 23.5 Å². The SMILES string of the molecule is COc1ccc(CC(=O)N2CCN(S(=O)(=O)c3ccc(F)cc3)CC2)c(OC)c1. The average molecular weight is 422 g/mol. The number of carbonyl (C=O) groups is 1. The van der Waals surface area contributed by atoms with Crippen LogP contribution in [0.4, 0.5) is 4.39 Å². The van der Waals surface area contributed by atoms with Crippen LogP contribution in [0.15, 0.2) is 47.4 Å². The van der Waals surface area contributed by atoms with Gasteiger partial charge in [-0.25, -0.2) is 12.8 Å². The second kappa shape index (κ2) is 8.79. The Labute approximate surface area is 169 Å². The van der Waals surface area contributed by atoms with E-state index in [0.29, 0.717) is 11.5 Å². The zero-order valence-electron chi connectivity index (χ0n) is 16.3. The molecule has 0 aliphatic carbocycles. The van der Waals surface area contributed by atoms with Crippen molar-refractivity contribution in [3.63, 3.8) is 0 Å². The number of amides is 1. The quantitative estimate of drug-likeness (QED) is 0.711. The highest BCUT2D eigenvalue weighted by molar-refractivity contribution is 7.89. The summed E-state index contributed by atoms with van der Waals surface area (Å²) < 4.78 is 50.2. The van der Waals surface area contributed by atoms with Crippen LogP contribution in [0, 0.1) is 5.82 Å². The van der Waals surface area contributed by atoms with Crippen molar-refractivity contribution in [3.8, 4) is 11.5 Å². The Morgan fingerprint density at radius 1 is 1.00 bits per heavy atom. The van der Waals surface area contributed by atoms with Crippen LogP contribution in [0.25, 0.3) is 0 Å². The van der Waals surface area contributed by atoms with E-state index in [-0.39, 0.29) is 43.4 Å². The Morgan fingerprint density at radius 2 is 1.66 bits per heavy atom. The number of nitrogens with zero attached hydrogens (tertiary/aromatic N) is 2. The number of hydrogen-bond acceptors (Lipinski definition) is 5. The molecule has 1 aliphatic heterocycles. The maximum absolute atomic E-state index is 13.1. The Hall–Kier alpha value is -2.65. The lowest BCUT2D eigenvalue weighted by atomic mass is 10.1. The number of hydrogen-bond donors (Lipinski definition) is 0. The van der Waals surface area contributed by atoms with Crippen molar-refractivity contribution < 1.29 is 27.1 Å². The number of sulfonamides is 1. The van der Waals surface area contributed by atoms with Crippen LogP contribution in [0.1, 0.15) is 5.56 Å². The second-order valence-corrected chi connectivity index (χ2v) is 8.53. The molecule has 3 rings (SSSR count). The third-order valence-corrected chi connectivity index (χ3v) is 6.79. The van der Waals surface area contributed by atoms with Crippen molar-refractivity contribution in [2.75, 3.05) is 40.4 Å². The van der Waals surface area contributed by atoms with E-state index in [4.69, 9.17) is 9.47 Å². The molecule has 0 spiro atoms. The first-order chi connectivity index (χ1) is 13.8. The number of rotatable bonds is 6. The normalized spacial score (nSPS) is 15.2. The predicted octanol–water partition coefficient (Wildman–Crippen LogP) is 1.92. The van der Waals surface area contributed by atoms with Crippen LogP contribution in [0.5, 0.6) is 11.5 Å². The number of ether oxygens (including phenoxy) is 2. The van der Waals surface area contributed by atoms with E-state index in [2.05, 4.69) is 0 Å². The molecule has 29 heavy (non-hydrogen) atoms. The minimum atomic E-state index is -3.71. The second-order valence-electron chi connectivity index (χ2n) is 6.59. The molecule has 9 heteroatoms. The van der Waals surface area contributed by atoms with Gasteiger partial charge in [0.1, 0.15) is 17.3 Å². The minimum absolute atomic E-state index is 0.0432. The van der Waals surface area contributed by atoms with Gasteiger partial charge in [0.25, 0.3) is 0 Å². The smallest absolute Gasteiger partial charge is 0.243 e. The first kappa shape index (κ1) is 21.1. The molecule has 0 saturated carbocycles. The number of piperazine rings is 1. The van der Waals surface area contributed by atoms with E-state index in [9.17, 15) is 17.6 Å². The Kier molecular flexibility index (Phi) is 6.39. The highest BCUT2D eigenvalue weighted by Gasteiger charge is 2.30. The molecule has 0 atom stereocenters. The van der Waals surface area contributed by atoms with Gasteiger partial charge in [-0.2, -0.15) is 4.31 Å². The third kappa shape index (κ3) is 4.68. The summed E-state index contributed by atoms with van der Waals surface area (Å²) in [6.45, 7) is 0.950. The first-order valence-corrected chi connectivity index (χ1v) is 10.5. The van der Waals surface area contributed by atoms with E-state index in [0.717, 1.165) is 17.7 Å². The third-order valence-electron chi connectivity index (χ3n) is 4.88. The maximum Gasteiger partial charge on any atom is 0.243 e. The molecule has 1 heterocycles. The van der Waals surface area contributed by atoms with Gasteiger partial charge in [0.15, 0.2) is 0 Å². The van der Waals surface area contributed by atoms with Crippen LogP contribution < -0.4 is 9.47 Å². The fraction of sp³-hybridized carbons (Fsp3) is 0.350. The van der Waals surface area contributed by atoms with Gasteiger partial charge in [0.05, 0.1) is 25.5 Å². The lowest BCUT2D eigenvalue weighted by Gasteiger charge is -2.34. The monoisotopic (exact) mass is 422 g/mol. The van der Waals surface area contributed by atoms with Gasteiger partial charge in [0, 0.05) is 37.8 Å². The molecule has 1 amide bonds. The lowest BCUT2D eigenvalue weighted by Crippen LogP contribution is -2.50. The zero-order valence-corrected chi connectivity index (χ0v) is 17.1.